The third-order valence-corrected chi connectivity index (χ3v) is 2.91. The highest BCUT2D eigenvalue weighted by Crippen LogP contribution is 2.27. The van der Waals surface area contributed by atoms with Crippen molar-refractivity contribution in [2.75, 3.05) is 6.54 Å². The van der Waals surface area contributed by atoms with Crippen LogP contribution in [0.2, 0.25) is 0 Å². The predicted octanol–water partition coefficient (Wildman–Crippen LogP) is 1.72. The summed E-state index contributed by atoms with van der Waals surface area (Å²) in [7, 11) is 0. The summed E-state index contributed by atoms with van der Waals surface area (Å²) >= 11 is 0. The van der Waals surface area contributed by atoms with E-state index in [1.807, 2.05) is 0 Å². The molecule has 90 valence electrons. The monoisotopic (exact) mass is 236 g/mol. The van der Waals surface area contributed by atoms with Crippen LogP contribution >= 0.6 is 0 Å². The van der Waals surface area contributed by atoms with Gasteiger partial charge in [0.25, 0.3) is 5.69 Å². The zero-order valence-corrected chi connectivity index (χ0v) is 9.05. The van der Waals surface area contributed by atoms with E-state index in [1.54, 1.807) is 6.07 Å². The van der Waals surface area contributed by atoms with Gasteiger partial charge < -0.3 is 10.4 Å². The number of benzene rings is 1. The Morgan fingerprint density at radius 3 is 2.82 bits per heavy atom. The molecule has 1 atom stereocenters. The predicted molar refractivity (Wildman–Crippen MR) is 60.0 cm³/mol. The standard InChI is InChI=1S/C11H12N2O4/c14-11(15)8-6-7(9-2-1-5-12-9)3-4-10(8)13(16)17/h3-4,6,9,12H,1-2,5H2,(H,14,15)/t9-/m1/s1. The number of carboxylic acids is 1. The number of carbonyl (C=O) groups is 1. The Morgan fingerprint density at radius 2 is 2.29 bits per heavy atom. The molecule has 1 heterocycles. The van der Waals surface area contributed by atoms with Crippen molar-refractivity contribution in [3.05, 3.63) is 39.4 Å². The molecule has 0 unspecified atom stereocenters. The third kappa shape index (κ3) is 2.26. The highest BCUT2D eigenvalue weighted by molar-refractivity contribution is 5.92. The van der Waals surface area contributed by atoms with Crippen LogP contribution in [0.5, 0.6) is 0 Å². The van der Waals surface area contributed by atoms with E-state index in [9.17, 15) is 14.9 Å². The minimum atomic E-state index is -1.27. The lowest BCUT2D eigenvalue weighted by molar-refractivity contribution is -0.385. The Kier molecular flexibility index (Phi) is 3.06. The van der Waals surface area contributed by atoms with Gasteiger partial charge in [0.1, 0.15) is 5.56 Å². The maximum Gasteiger partial charge on any atom is 0.342 e. The summed E-state index contributed by atoms with van der Waals surface area (Å²) in [6.45, 7) is 0.893. The average Bonchev–Trinajstić information content (AvgIpc) is 2.81. The van der Waals surface area contributed by atoms with E-state index >= 15 is 0 Å². The fourth-order valence-electron chi connectivity index (χ4n) is 2.07. The third-order valence-electron chi connectivity index (χ3n) is 2.91. The molecule has 0 amide bonds. The number of nitrogens with zero attached hydrogens (tertiary/aromatic N) is 1. The lowest BCUT2D eigenvalue weighted by Gasteiger charge is -2.11. The van der Waals surface area contributed by atoms with Crippen LogP contribution in [-0.4, -0.2) is 22.5 Å². The van der Waals surface area contributed by atoms with Gasteiger partial charge in [-0.15, -0.1) is 0 Å². The smallest absolute Gasteiger partial charge is 0.342 e. The van der Waals surface area contributed by atoms with Gasteiger partial charge in [-0.1, -0.05) is 6.07 Å². The van der Waals surface area contributed by atoms with Crippen molar-refractivity contribution in [3.63, 3.8) is 0 Å². The van der Waals surface area contributed by atoms with Gasteiger partial charge in [0.2, 0.25) is 0 Å². The molecule has 0 aliphatic carbocycles. The summed E-state index contributed by atoms with van der Waals surface area (Å²) in [6.07, 6.45) is 1.96. The van der Waals surface area contributed by atoms with Crippen LogP contribution in [-0.2, 0) is 0 Å². The summed E-state index contributed by atoms with van der Waals surface area (Å²) in [5.41, 5.74) is 0.186. The summed E-state index contributed by atoms with van der Waals surface area (Å²) in [4.78, 5) is 21.0. The topological polar surface area (TPSA) is 92.5 Å². The lowest BCUT2D eigenvalue weighted by Crippen LogP contribution is -2.14. The Hall–Kier alpha value is -1.95. The lowest BCUT2D eigenvalue weighted by atomic mass is 10.0. The van der Waals surface area contributed by atoms with Crippen molar-refractivity contribution in [1.82, 2.24) is 5.32 Å². The maximum absolute atomic E-state index is 11.0. The molecule has 0 radical (unpaired) electrons. The van der Waals surface area contributed by atoms with Crippen molar-refractivity contribution >= 4 is 11.7 Å². The van der Waals surface area contributed by atoms with Crippen molar-refractivity contribution in [2.24, 2.45) is 0 Å². The molecule has 0 aromatic heterocycles. The molecule has 0 bridgehead atoms. The van der Waals surface area contributed by atoms with E-state index in [4.69, 9.17) is 5.11 Å². The Morgan fingerprint density at radius 1 is 1.53 bits per heavy atom. The number of hydrogen-bond acceptors (Lipinski definition) is 4. The molecule has 1 saturated heterocycles. The minimum Gasteiger partial charge on any atom is -0.477 e. The summed E-state index contributed by atoms with van der Waals surface area (Å²) in [5.74, 6) is -1.27. The van der Waals surface area contributed by atoms with Gasteiger partial charge in [0, 0.05) is 12.1 Å². The fourth-order valence-corrected chi connectivity index (χ4v) is 2.07. The highest BCUT2D eigenvalue weighted by Gasteiger charge is 2.23. The number of nitro groups is 1. The number of carboxylic acid groups (broad SMARTS) is 1. The molecule has 1 aliphatic heterocycles. The molecule has 6 nitrogen and oxygen atoms in total. The van der Waals surface area contributed by atoms with E-state index < -0.39 is 10.9 Å². The Balaban J connectivity index is 2.41. The molecular weight excluding hydrogens is 224 g/mol. The highest BCUT2D eigenvalue weighted by atomic mass is 16.6. The first-order chi connectivity index (χ1) is 8.09. The van der Waals surface area contributed by atoms with Gasteiger partial charge in [0.15, 0.2) is 0 Å². The SMILES string of the molecule is O=C(O)c1cc([C@H]2CCCN2)ccc1[N+](=O)[O-]. The molecular formula is C11H12N2O4. The molecule has 6 heteroatoms. The maximum atomic E-state index is 11.0. The number of aromatic carboxylic acids is 1. The molecule has 17 heavy (non-hydrogen) atoms. The number of hydrogen-bond donors (Lipinski definition) is 2. The van der Waals surface area contributed by atoms with Crippen LogP contribution in [0.3, 0.4) is 0 Å². The second kappa shape index (κ2) is 4.50. The van der Waals surface area contributed by atoms with Gasteiger partial charge in [-0.25, -0.2) is 4.79 Å². The largest absolute Gasteiger partial charge is 0.477 e. The molecule has 2 N–H and O–H groups in total. The molecule has 0 spiro atoms. The zero-order chi connectivity index (χ0) is 12.4. The van der Waals surface area contributed by atoms with Crippen LogP contribution in [0, 0.1) is 10.1 Å². The first-order valence-electron chi connectivity index (χ1n) is 5.34. The van der Waals surface area contributed by atoms with E-state index in [0.29, 0.717) is 0 Å². The second-order valence-electron chi connectivity index (χ2n) is 3.99. The van der Waals surface area contributed by atoms with Crippen molar-refractivity contribution in [2.45, 2.75) is 18.9 Å². The molecule has 0 saturated carbocycles. The quantitative estimate of drug-likeness (QED) is 0.615. The number of rotatable bonds is 3. The first-order valence-corrected chi connectivity index (χ1v) is 5.34. The van der Waals surface area contributed by atoms with Crippen molar-refractivity contribution < 1.29 is 14.8 Å². The molecule has 1 fully saturated rings. The molecule has 1 aliphatic rings. The van der Waals surface area contributed by atoms with Gasteiger partial charge in [-0.3, -0.25) is 10.1 Å². The number of nitrogens with one attached hydrogen (secondary N) is 1. The van der Waals surface area contributed by atoms with Crippen LogP contribution in [0.15, 0.2) is 18.2 Å². The molecule has 1 aromatic carbocycles. The minimum absolute atomic E-state index is 0.105. The first kappa shape index (κ1) is 11.5. The van der Waals surface area contributed by atoms with Gasteiger partial charge in [0.05, 0.1) is 4.92 Å². The zero-order valence-electron chi connectivity index (χ0n) is 9.05. The van der Waals surface area contributed by atoms with E-state index in [-0.39, 0.29) is 17.3 Å². The van der Waals surface area contributed by atoms with Crippen molar-refractivity contribution in [1.29, 1.82) is 0 Å². The van der Waals surface area contributed by atoms with Crippen LogP contribution in [0.1, 0.15) is 34.8 Å². The summed E-state index contributed by atoms with van der Waals surface area (Å²) < 4.78 is 0. The van der Waals surface area contributed by atoms with Crippen LogP contribution in [0.25, 0.3) is 0 Å². The van der Waals surface area contributed by atoms with E-state index in [1.165, 1.54) is 12.1 Å². The summed E-state index contributed by atoms with van der Waals surface area (Å²) in [6, 6.07) is 4.38. The summed E-state index contributed by atoms with van der Waals surface area (Å²) in [5, 5.41) is 22.9. The Labute approximate surface area is 97.4 Å². The van der Waals surface area contributed by atoms with Crippen LogP contribution < -0.4 is 5.32 Å². The van der Waals surface area contributed by atoms with Gasteiger partial charge >= 0.3 is 5.97 Å². The fraction of sp³-hybridized carbons (Fsp3) is 0.364. The second-order valence-corrected chi connectivity index (χ2v) is 3.99. The average molecular weight is 236 g/mol. The van der Waals surface area contributed by atoms with E-state index in [0.717, 1.165) is 24.9 Å². The van der Waals surface area contributed by atoms with Gasteiger partial charge in [-0.05, 0) is 31.0 Å². The van der Waals surface area contributed by atoms with Crippen molar-refractivity contribution in [3.8, 4) is 0 Å². The van der Waals surface area contributed by atoms with E-state index in [2.05, 4.69) is 5.32 Å². The normalized spacial score (nSPS) is 19.2. The number of nitro benzene ring substituents is 1. The van der Waals surface area contributed by atoms with Gasteiger partial charge in [-0.2, -0.15) is 0 Å². The van der Waals surface area contributed by atoms with Crippen LogP contribution in [0.4, 0.5) is 5.69 Å². The molecule has 2 rings (SSSR count). The molecule has 1 aromatic rings. The Bertz CT molecular complexity index is 467.